The molecule has 3 aromatic rings. The third-order valence-corrected chi connectivity index (χ3v) is 6.02. The zero-order valence-electron chi connectivity index (χ0n) is 18.3. The summed E-state index contributed by atoms with van der Waals surface area (Å²) < 4.78 is 0. The van der Waals surface area contributed by atoms with Crippen molar-refractivity contribution in [1.29, 1.82) is 0 Å². The molecule has 29 heavy (non-hydrogen) atoms. The summed E-state index contributed by atoms with van der Waals surface area (Å²) in [7, 11) is 2.22. The number of para-hydroxylation sites is 1. The SMILES string of the molecule is Cc1cccc2c1N(c1ccccn1)B(c1c(C(C)C)cccc1C(C)C)N2C. The van der Waals surface area contributed by atoms with Gasteiger partial charge in [0.15, 0.2) is 0 Å². The van der Waals surface area contributed by atoms with Gasteiger partial charge in [-0.05, 0) is 66.2 Å². The molecule has 0 saturated heterocycles. The summed E-state index contributed by atoms with van der Waals surface area (Å²) in [5.74, 6) is 1.89. The topological polar surface area (TPSA) is 19.4 Å². The van der Waals surface area contributed by atoms with Crippen LogP contribution in [0.5, 0.6) is 0 Å². The number of aryl methyl sites for hydroxylation is 1. The van der Waals surface area contributed by atoms with E-state index in [-0.39, 0.29) is 6.98 Å². The van der Waals surface area contributed by atoms with Gasteiger partial charge in [-0.1, -0.05) is 64.1 Å². The van der Waals surface area contributed by atoms with Crippen LogP contribution in [0.25, 0.3) is 0 Å². The Morgan fingerprint density at radius 1 is 0.828 bits per heavy atom. The second-order valence-electron chi connectivity index (χ2n) is 8.64. The van der Waals surface area contributed by atoms with E-state index in [1.807, 2.05) is 12.3 Å². The van der Waals surface area contributed by atoms with Crippen molar-refractivity contribution >= 4 is 29.6 Å². The van der Waals surface area contributed by atoms with Crippen LogP contribution in [0, 0.1) is 6.92 Å². The first-order valence-corrected chi connectivity index (χ1v) is 10.6. The van der Waals surface area contributed by atoms with Crippen molar-refractivity contribution in [2.75, 3.05) is 16.7 Å². The monoisotopic (exact) mass is 383 g/mol. The maximum Gasteiger partial charge on any atom is 0.417 e. The first-order valence-electron chi connectivity index (χ1n) is 10.6. The standard InChI is InChI=1S/C25H30BN3/c1-17(2)20-12-10-13-21(18(3)4)24(20)26-28(6)22-14-9-11-19(5)25(22)29(26)23-15-7-8-16-27-23/h7-18H,1-6H3. The van der Waals surface area contributed by atoms with E-state index in [2.05, 4.69) is 99.8 Å². The number of pyridine rings is 1. The Hall–Kier alpha value is -2.75. The van der Waals surface area contributed by atoms with Crippen LogP contribution in [-0.2, 0) is 0 Å². The van der Waals surface area contributed by atoms with Crippen molar-refractivity contribution < 1.29 is 0 Å². The second kappa shape index (κ2) is 7.59. The number of nitrogens with zero attached hydrogens (tertiary/aromatic N) is 3. The Balaban J connectivity index is 2.02. The van der Waals surface area contributed by atoms with Crippen molar-refractivity contribution in [3.05, 3.63) is 77.5 Å². The maximum absolute atomic E-state index is 4.76. The number of aromatic nitrogens is 1. The van der Waals surface area contributed by atoms with Crippen LogP contribution < -0.4 is 15.1 Å². The quantitative estimate of drug-likeness (QED) is 0.545. The smallest absolute Gasteiger partial charge is 0.393 e. The molecule has 0 N–H and O–H groups in total. The third-order valence-electron chi connectivity index (χ3n) is 6.02. The summed E-state index contributed by atoms with van der Waals surface area (Å²) >= 11 is 0. The number of rotatable bonds is 4. The Morgan fingerprint density at radius 3 is 2.07 bits per heavy atom. The molecule has 2 aromatic carbocycles. The van der Waals surface area contributed by atoms with Gasteiger partial charge >= 0.3 is 6.98 Å². The van der Waals surface area contributed by atoms with Crippen molar-refractivity contribution in [2.45, 2.75) is 46.5 Å². The molecule has 4 rings (SSSR count). The van der Waals surface area contributed by atoms with Crippen LogP contribution in [-0.4, -0.2) is 19.0 Å². The van der Waals surface area contributed by atoms with Crippen molar-refractivity contribution in [1.82, 2.24) is 4.98 Å². The highest BCUT2D eigenvalue weighted by atomic mass is 15.3. The highest BCUT2D eigenvalue weighted by Gasteiger charge is 2.44. The van der Waals surface area contributed by atoms with E-state index in [4.69, 9.17) is 4.98 Å². The summed E-state index contributed by atoms with van der Waals surface area (Å²) in [5.41, 5.74) is 8.04. The van der Waals surface area contributed by atoms with Gasteiger partial charge in [0.05, 0.1) is 5.69 Å². The lowest BCUT2D eigenvalue weighted by molar-refractivity contribution is 0.844. The normalized spacial score (nSPS) is 13.6. The van der Waals surface area contributed by atoms with E-state index in [0.29, 0.717) is 11.8 Å². The number of hydrogen-bond donors (Lipinski definition) is 0. The van der Waals surface area contributed by atoms with Gasteiger partial charge in [-0.3, -0.25) is 0 Å². The van der Waals surface area contributed by atoms with Crippen LogP contribution in [0.3, 0.4) is 0 Å². The molecular weight excluding hydrogens is 353 g/mol. The highest BCUT2D eigenvalue weighted by Crippen LogP contribution is 2.44. The fraction of sp³-hybridized carbons (Fsp3) is 0.320. The molecule has 0 radical (unpaired) electrons. The van der Waals surface area contributed by atoms with Crippen LogP contribution in [0.15, 0.2) is 60.8 Å². The van der Waals surface area contributed by atoms with Gasteiger partial charge in [0, 0.05) is 11.9 Å². The highest BCUT2D eigenvalue weighted by molar-refractivity contribution is 6.83. The summed E-state index contributed by atoms with van der Waals surface area (Å²) in [6, 6.07) is 19.6. The number of benzene rings is 2. The predicted molar refractivity (Wildman–Crippen MR) is 126 cm³/mol. The largest absolute Gasteiger partial charge is 0.417 e. The van der Waals surface area contributed by atoms with E-state index < -0.39 is 0 Å². The molecule has 0 fully saturated rings. The van der Waals surface area contributed by atoms with Crippen LogP contribution in [0.4, 0.5) is 17.2 Å². The van der Waals surface area contributed by atoms with Gasteiger partial charge in [-0.25, -0.2) is 4.98 Å². The summed E-state index contributed by atoms with van der Waals surface area (Å²) in [6.07, 6.45) is 1.89. The fourth-order valence-electron chi connectivity index (χ4n) is 4.63. The molecule has 0 amide bonds. The van der Waals surface area contributed by atoms with E-state index in [1.54, 1.807) is 0 Å². The van der Waals surface area contributed by atoms with Crippen molar-refractivity contribution in [3.63, 3.8) is 0 Å². The lowest BCUT2D eigenvalue weighted by Crippen LogP contribution is -2.56. The molecule has 0 saturated carbocycles. The average Bonchev–Trinajstić information content (AvgIpc) is 3.01. The van der Waals surface area contributed by atoms with Gasteiger partial charge in [0.2, 0.25) is 0 Å². The average molecular weight is 383 g/mol. The lowest BCUT2D eigenvalue weighted by atomic mass is 9.59. The molecule has 0 atom stereocenters. The van der Waals surface area contributed by atoms with E-state index in [9.17, 15) is 0 Å². The molecule has 0 bridgehead atoms. The molecule has 1 aromatic heterocycles. The van der Waals surface area contributed by atoms with E-state index in [1.165, 1.54) is 33.5 Å². The van der Waals surface area contributed by atoms with Gasteiger partial charge < -0.3 is 9.62 Å². The number of anilines is 3. The first kappa shape index (κ1) is 19.6. The van der Waals surface area contributed by atoms with Crippen molar-refractivity contribution in [3.8, 4) is 0 Å². The second-order valence-corrected chi connectivity index (χ2v) is 8.64. The molecule has 1 aliphatic rings. The van der Waals surface area contributed by atoms with Gasteiger partial charge in [-0.2, -0.15) is 0 Å². The summed E-state index contributed by atoms with van der Waals surface area (Å²) in [6.45, 7) is 11.4. The van der Waals surface area contributed by atoms with Crippen LogP contribution >= 0.6 is 0 Å². The first-order chi connectivity index (χ1) is 13.9. The molecule has 2 heterocycles. The number of fused-ring (bicyclic) bond motifs is 1. The van der Waals surface area contributed by atoms with Crippen molar-refractivity contribution in [2.24, 2.45) is 0 Å². The maximum atomic E-state index is 4.76. The summed E-state index contributed by atoms with van der Waals surface area (Å²) in [5, 5.41) is 0. The minimum Gasteiger partial charge on any atom is -0.393 e. The molecule has 0 unspecified atom stereocenters. The number of hydrogen-bond acceptors (Lipinski definition) is 3. The third kappa shape index (κ3) is 3.21. The lowest BCUT2D eigenvalue weighted by Gasteiger charge is -2.32. The predicted octanol–water partition coefficient (Wildman–Crippen LogP) is 5.62. The van der Waals surface area contributed by atoms with Crippen LogP contribution in [0.1, 0.15) is 56.2 Å². The molecule has 3 nitrogen and oxygen atoms in total. The summed E-state index contributed by atoms with van der Waals surface area (Å²) in [4.78, 5) is 9.61. The molecule has 0 aliphatic carbocycles. The fourth-order valence-corrected chi connectivity index (χ4v) is 4.63. The molecular formula is C25H30BN3. The Labute approximate surface area is 175 Å². The molecule has 1 aliphatic heterocycles. The molecule has 0 spiro atoms. The molecule has 148 valence electrons. The minimum atomic E-state index is 0.0806. The van der Waals surface area contributed by atoms with Crippen LogP contribution in [0.2, 0.25) is 0 Å². The van der Waals surface area contributed by atoms with E-state index in [0.717, 1.165) is 5.82 Å². The van der Waals surface area contributed by atoms with Gasteiger partial charge in [0.1, 0.15) is 5.82 Å². The zero-order valence-corrected chi connectivity index (χ0v) is 18.3. The van der Waals surface area contributed by atoms with E-state index >= 15 is 0 Å². The van der Waals surface area contributed by atoms with Gasteiger partial charge in [-0.15, -0.1) is 0 Å². The van der Waals surface area contributed by atoms with Gasteiger partial charge in [0.25, 0.3) is 0 Å². The Bertz CT molecular complexity index is 988. The molecule has 4 heteroatoms. The Morgan fingerprint density at radius 2 is 1.48 bits per heavy atom. The zero-order chi connectivity index (χ0) is 20.7. The Kier molecular flexibility index (Phi) is 5.12. The minimum absolute atomic E-state index is 0.0806.